The molecular weight excluding hydrogens is 1560 g/mol. The van der Waals surface area contributed by atoms with E-state index in [9.17, 15) is 92.7 Å². The summed E-state index contributed by atoms with van der Waals surface area (Å²) in [5.74, 6) is -12.2. The number of carbonyl (C=O) groups is 15. The monoisotopic (exact) mass is 1680 g/mol. The quantitative estimate of drug-likeness (QED) is 0.0161. The van der Waals surface area contributed by atoms with Crippen molar-refractivity contribution < 1.29 is 102 Å². The van der Waals surface area contributed by atoms with Gasteiger partial charge in [0.05, 0.1) is 18.6 Å². The summed E-state index contributed by atoms with van der Waals surface area (Å²) in [5.41, 5.74) is 19.5. The molecule has 1 heterocycles. The zero-order chi connectivity index (χ0) is 89.5. The number of amides is 13. The van der Waals surface area contributed by atoms with Gasteiger partial charge in [0.1, 0.15) is 84.9 Å². The van der Waals surface area contributed by atoms with Crippen LogP contribution in [0.1, 0.15) is 156 Å². The van der Waals surface area contributed by atoms with Crippen molar-refractivity contribution in [2.24, 2.45) is 40.9 Å². The molecule has 13 amide bonds. The van der Waals surface area contributed by atoms with Crippen LogP contribution in [0.2, 0.25) is 0 Å². The Hall–Kier alpha value is -11.2. The molecule has 0 fully saturated rings. The molecule has 39 nitrogen and oxygen atoms in total. The number of unbranched alkanes of at least 4 members (excludes halogenated alkanes) is 3. The molecule has 0 aliphatic heterocycles. The minimum atomic E-state index is -1.95. The second kappa shape index (κ2) is 52.0. The van der Waals surface area contributed by atoms with Gasteiger partial charge in [0, 0.05) is 36.4 Å². The van der Waals surface area contributed by atoms with Crippen LogP contribution in [0.25, 0.3) is 10.9 Å². The number of aliphatic hydroxyl groups excluding tert-OH is 2. The highest BCUT2D eigenvalue weighted by molar-refractivity contribution is 6.01. The minimum Gasteiger partial charge on any atom is -0.508 e. The van der Waals surface area contributed by atoms with Crippen LogP contribution < -0.4 is 92.2 Å². The fraction of sp³-hybridized carbons (Fsp3) is 0.568. The Kier molecular flexibility index (Phi) is 43.8. The van der Waals surface area contributed by atoms with E-state index in [2.05, 4.69) is 73.6 Å². The van der Waals surface area contributed by atoms with E-state index in [1.54, 1.807) is 88.5 Å². The number of aromatic nitrogens is 1. The summed E-state index contributed by atoms with van der Waals surface area (Å²) in [5, 5.41) is 84.8. The lowest BCUT2D eigenvalue weighted by Crippen LogP contribution is -2.63. The molecule has 0 saturated heterocycles. The van der Waals surface area contributed by atoms with Crippen LogP contribution in [-0.4, -0.2) is 236 Å². The van der Waals surface area contributed by atoms with Crippen LogP contribution in [-0.2, 0) is 96.0 Å². The highest BCUT2D eigenvalue weighted by Crippen LogP contribution is 2.22. The fourth-order valence-corrected chi connectivity index (χ4v) is 12.9. The van der Waals surface area contributed by atoms with Gasteiger partial charge in [-0.3, -0.25) is 72.0 Å². The van der Waals surface area contributed by atoms with Gasteiger partial charge in [0.15, 0.2) is 6.04 Å². The fourth-order valence-electron chi connectivity index (χ4n) is 12.9. The van der Waals surface area contributed by atoms with Crippen LogP contribution in [0.15, 0.2) is 85.1 Å². The summed E-state index contributed by atoms with van der Waals surface area (Å²) < 4.78 is 0. The third-order valence-electron chi connectivity index (χ3n) is 19.9. The van der Waals surface area contributed by atoms with E-state index in [1.165, 1.54) is 31.2 Å². The first kappa shape index (κ1) is 101. The lowest BCUT2D eigenvalue weighted by atomic mass is 9.96. The molecule has 16 atom stereocenters. The SMILES string of the molecule is CCC(C)[C@H](NC(=O)[C@H](CCCCN)NC(=O)[C@H](Cc1c[nH]c2ccccc12)NC(=O)[C@@H](NC(=O)[C@H](C)NC(=O)[C@H](Cc1ccccc1)NC(=O)[C@H](CC(C)C)NC(=O)[C@H](CCCCN)NC(=O)CON)C(C)C)C(=O)N[C@H](C(=O)N[C@@H](Cc1ccc(O)cc1)C(=O)N[C@@H](CCCCN)C(=O)N[C@@H](CC(=O)O)C(=O)N[C@H](C(=O)O)C(C)O)C(C)O. The Morgan fingerprint density at radius 2 is 0.817 bits per heavy atom. The van der Waals surface area contributed by atoms with Gasteiger partial charge in [0.2, 0.25) is 76.8 Å². The first-order valence-electron chi connectivity index (χ1n) is 40.4. The Balaban J connectivity index is 1.65. The number of phenols is 1. The molecule has 0 aliphatic carbocycles. The van der Waals surface area contributed by atoms with Crippen LogP contribution in [0, 0.1) is 17.8 Å². The summed E-state index contributed by atoms with van der Waals surface area (Å²) >= 11 is 0. The molecule has 664 valence electrons. The van der Waals surface area contributed by atoms with Gasteiger partial charge in [-0.1, -0.05) is 109 Å². The van der Waals surface area contributed by atoms with E-state index in [0.29, 0.717) is 59.8 Å². The molecule has 3 aromatic carbocycles. The molecule has 0 saturated carbocycles. The Morgan fingerprint density at radius 3 is 1.31 bits per heavy atom. The van der Waals surface area contributed by atoms with Crippen molar-refractivity contribution in [3.8, 4) is 5.75 Å². The van der Waals surface area contributed by atoms with Crippen molar-refractivity contribution in [1.82, 2.24) is 74.1 Å². The number of phenolic OH excluding ortho intramolecular Hbond substituents is 1. The smallest absolute Gasteiger partial charge is 0.328 e. The van der Waals surface area contributed by atoms with Crippen molar-refractivity contribution in [2.45, 2.75) is 249 Å². The second-order valence-corrected chi connectivity index (χ2v) is 30.7. The largest absolute Gasteiger partial charge is 0.508 e. The normalized spacial score (nSPS) is 15.3. The predicted octanol–water partition coefficient (Wildman–Crippen LogP) is -2.43. The van der Waals surface area contributed by atoms with Crippen LogP contribution >= 0.6 is 0 Å². The van der Waals surface area contributed by atoms with Crippen molar-refractivity contribution in [3.63, 3.8) is 0 Å². The van der Waals surface area contributed by atoms with E-state index in [1.807, 2.05) is 19.2 Å². The number of carboxylic acids is 2. The van der Waals surface area contributed by atoms with Gasteiger partial charge in [-0.2, -0.15) is 0 Å². The molecule has 0 spiro atoms. The molecule has 0 aliphatic rings. The number of H-pyrrole nitrogens is 1. The van der Waals surface area contributed by atoms with Gasteiger partial charge in [0.25, 0.3) is 0 Å². The average molecular weight is 1690 g/mol. The van der Waals surface area contributed by atoms with Crippen LogP contribution in [0.5, 0.6) is 5.75 Å². The Morgan fingerprint density at radius 1 is 0.417 bits per heavy atom. The Bertz CT molecular complexity index is 4040. The molecule has 0 radical (unpaired) electrons. The first-order chi connectivity index (χ1) is 56.9. The maximum absolute atomic E-state index is 15.2. The summed E-state index contributed by atoms with van der Waals surface area (Å²) in [6, 6.07) is 1.01. The van der Waals surface area contributed by atoms with E-state index in [-0.39, 0.29) is 89.0 Å². The lowest BCUT2D eigenvalue weighted by Gasteiger charge is -2.31. The number of aromatic amines is 1. The van der Waals surface area contributed by atoms with E-state index in [0.717, 1.165) is 13.8 Å². The number of carbonyl (C=O) groups excluding carboxylic acids is 13. The number of nitrogens with two attached hydrogens (primary N) is 4. The molecule has 4 rings (SSSR count). The van der Waals surface area contributed by atoms with Crippen molar-refractivity contribution in [2.75, 3.05) is 26.2 Å². The highest BCUT2D eigenvalue weighted by atomic mass is 16.6. The number of hydrogen-bond donors (Lipinski definition) is 23. The zero-order valence-electron chi connectivity index (χ0n) is 69.5. The molecule has 39 heteroatoms. The maximum atomic E-state index is 15.2. The predicted molar refractivity (Wildman–Crippen MR) is 441 cm³/mol. The number of aromatic hydroxyl groups is 1. The number of fused-ring (bicyclic) bond motifs is 1. The van der Waals surface area contributed by atoms with Crippen molar-refractivity contribution >= 4 is 99.6 Å². The highest BCUT2D eigenvalue weighted by Gasteiger charge is 2.40. The molecule has 27 N–H and O–H groups in total. The summed E-state index contributed by atoms with van der Waals surface area (Å²) in [4.78, 5) is 218. The number of hydrogen-bond acceptors (Lipinski definition) is 23. The van der Waals surface area contributed by atoms with Gasteiger partial charge in [-0.05, 0) is 157 Å². The first-order valence-corrected chi connectivity index (χ1v) is 40.4. The Labute approximate surface area is 697 Å². The number of benzene rings is 3. The molecular formula is C81H124N18O21. The zero-order valence-corrected chi connectivity index (χ0v) is 69.5. The number of aliphatic hydroxyl groups is 2. The number of carboxylic acid groups (broad SMARTS) is 2. The van der Waals surface area contributed by atoms with Crippen molar-refractivity contribution in [1.29, 1.82) is 0 Å². The second-order valence-electron chi connectivity index (χ2n) is 30.7. The average Bonchev–Trinajstić information content (AvgIpc) is 1.59. The number of para-hydroxylation sites is 1. The number of nitrogens with one attached hydrogen (secondary N) is 14. The number of aliphatic carboxylic acids is 2. The lowest BCUT2D eigenvalue weighted by molar-refractivity contribution is -0.146. The topological polar surface area (TPSA) is 643 Å². The number of rotatable bonds is 55. The standard InChI is InChI=1S/C81H124N18O21/c1-10-45(6)66(79(116)98-67(47(8)100)80(117)94-60(38-50-29-31-52(102)32-30-50)75(112)89-56(27-17-20-34-83)71(108)93-62(40-64(104)105)77(114)99-68(48(9)101)81(118)119)97-72(109)57(28-18-21-35-84)90-76(113)61(39-51-41-86-54-25-15-14-24-53(51)54)95-78(115)65(44(4)5)96-69(106)46(7)87-73(110)59(37-49-22-12-11-13-23-49)92-74(111)58(36-43(2)3)91-70(107)55(26-16-19-33-82)88-63(103)42-120-85/h11-15,22-25,29-32,41,43-48,55-62,65-68,86,100-102H,10,16-21,26-28,33-40,42,82-85H2,1-9H3,(H,87,110)(H,88,103)(H,89,112)(H,90,113)(H,91,107)(H,92,111)(H,93,108)(H,94,117)(H,95,115)(H,96,106)(H,97,109)(H,98,116)(H,99,114)(H,104,105)(H,118,119)/t45?,46-,47?,48?,55-,56-,57-,58-,59-,60-,61-,62-,65-,66-,67-,68-/m0/s1. The molecule has 1 aromatic heterocycles. The molecule has 120 heavy (non-hydrogen) atoms. The van der Waals surface area contributed by atoms with E-state index < -0.39 is 204 Å². The summed E-state index contributed by atoms with van der Waals surface area (Å²) in [6.07, 6.45) is -1.37. The van der Waals surface area contributed by atoms with Gasteiger partial charge < -0.3 is 117 Å². The molecule has 0 bridgehead atoms. The van der Waals surface area contributed by atoms with Crippen LogP contribution in [0.4, 0.5) is 0 Å². The van der Waals surface area contributed by atoms with Gasteiger partial charge in [-0.25, -0.2) is 10.7 Å². The molecule has 3 unspecified atom stereocenters. The van der Waals surface area contributed by atoms with E-state index >= 15 is 4.79 Å². The third kappa shape index (κ3) is 34.2. The summed E-state index contributed by atoms with van der Waals surface area (Å²) in [7, 11) is 0. The van der Waals surface area contributed by atoms with E-state index in [4.69, 9.17) is 23.1 Å². The molecule has 4 aromatic rings. The maximum Gasteiger partial charge on any atom is 0.328 e. The minimum absolute atomic E-state index is 0.0888. The van der Waals surface area contributed by atoms with Gasteiger partial charge in [-0.15, -0.1) is 0 Å². The van der Waals surface area contributed by atoms with Gasteiger partial charge >= 0.3 is 11.9 Å². The van der Waals surface area contributed by atoms with Crippen LogP contribution in [0.3, 0.4) is 0 Å². The third-order valence-corrected chi connectivity index (χ3v) is 19.9. The summed E-state index contributed by atoms with van der Waals surface area (Å²) in [6.45, 7) is 13.8. The van der Waals surface area contributed by atoms with Crippen molar-refractivity contribution in [3.05, 3.63) is 102 Å².